The van der Waals surface area contributed by atoms with Crippen LogP contribution in [-0.2, 0) is 24.8 Å². The standard InChI is InChI=1S/C21H22N6O2S/c1-15-11-18(25-29-15)22-20(28)14-30-21-24-23-19(12-17-9-6-10-26(17)2)27(21)13-16-7-4-3-5-8-16/h3-11H,12-14H2,1-2H3,(H,22,25,28). The Kier molecular flexibility index (Phi) is 5.99. The second-order valence-electron chi connectivity index (χ2n) is 6.92. The molecule has 0 aliphatic rings. The molecule has 0 fully saturated rings. The van der Waals surface area contributed by atoms with Crippen LogP contribution in [0.3, 0.4) is 0 Å². The highest BCUT2D eigenvalue weighted by molar-refractivity contribution is 7.99. The van der Waals surface area contributed by atoms with Gasteiger partial charge in [0.1, 0.15) is 11.6 Å². The first-order valence-electron chi connectivity index (χ1n) is 9.50. The molecule has 1 aromatic carbocycles. The van der Waals surface area contributed by atoms with Gasteiger partial charge in [0.25, 0.3) is 0 Å². The average Bonchev–Trinajstić information content (AvgIpc) is 3.44. The van der Waals surface area contributed by atoms with E-state index in [-0.39, 0.29) is 11.7 Å². The normalized spacial score (nSPS) is 11.0. The zero-order valence-corrected chi connectivity index (χ0v) is 17.6. The van der Waals surface area contributed by atoms with Gasteiger partial charge in [-0.25, -0.2) is 0 Å². The van der Waals surface area contributed by atoms with Crippen molar-refractivity contribution in [1.29, 1.82) is 0 Å². The minimum Gasteiger partial charge on any atom is -0.360 e. The van der Waals surface area contributed by atoms with E-state index in [4.69, 9.17) is 4.52 Å². The summed E-state index contributed by atoms with van der Waals surface area (Å²) < 4.78 is 9.12. The highest BCUT2D eigenvalue weighted by atomic mass is 32.2. The van der Waals surface area contributed by atoms with Gasteiger partial charge in [0.05, 0.1) is 12.3 Å². The predicted octanol–water partition coefficient (Wildman–Crippen LogP) is 3.28. The minimum atomic E-state index is -0.174. The fourth-order valence-electron chi connectivity index (χ4n) is 3.06. The number of aryl methyl sites for hydroxylation is 2. The highest BCUT2D eigenvalue weighted by Crippen LogP contribution is 2.21. The number of hydrogen-bond acceptors (Lipinski definition) is 6. The third-order valence-corrected chi connectivity index (χ3v) is 5.56. The number of rotatable bonds is 8. The quantitative estimate of drug-likeness (QED) is 0.438. The molecule has 8 nitrogen and oxygen atoms in total. The predicted molar refractivity (Wildman–Crippen MR) is 114 cm³/mol. The molecule has 154 valence electrons. The van der Waals surface area contributed by atoms with Gasteiger partial charge in [0.2, 0.25) is 5.91 Å². The van der Waals surface area contributed by atoms with Crippen molar-refractivity contribution in [3.05, 3.63) is 77.6 Å². The van der Waals surface area contributed by atoms with Crippen molar-refractivity contribution in [3.8, 4) is 0 Å². The first-order valence-corrected chi connectivity index (χ1v) is 10.5. The molecule has 3 heterocycles. The molecule has 0 radical (unpaired) electrons. The van der Waals surface area contributed by atoms with Crippen molar-refractivity contribution in [3.63, 3.8) is 0 Å². The fourth-order valence-corrected chi connectivity index (χ4v) is 3.81. The van der Waals surface area contributed by atoms with Crippen LogP contribution in [0.25, 0.3) is 0 Å². The van der Waals surface area contributed by atoms with Crippen LogP contribution >= 0.6 is 11.8 Å². The molecule has 0 saturated heterocycles. The molecule has 3 aromatic heterocycles. The summed E-state index contributed by atoms with van der Waals surface area (Å²) in [6, 6.07) is 15.9. The lowest BCUT2D eigenvalue weighted by Gasteiger charge is -2.11. The van der Waals surface area contributed by atoms with Crippen molar-refractivity contribution in [2.45, 2.75) is 25.0 Å². The lowest BCUT2D eigenvalue weighted by atomic mass is 10.2. The Balaban J connectivity index is 1.51. The van der Waals surface area contributed by atoms with Crippen molar-refractivity contribution in [2.24, 2.45) is 7.05 Å². The molecule has 0 aliphatic carbocycles. The molecular formula is C21H22N6O2S. The van der Waals surface area contributed by atoms with Crippen LogP contribution in [0.1, 0.15) is 22.8 Å². The van der Waals surface area contributed by atoms with Gasteiger partial charge >= 0.3 is 0 Å². The first kappa shape index (κ1) is 20.0. The number of carbonyl (C=O) groups is 1. The van der Waals surface area contributed by atoms with E-state index in [0.717, 1.165) is 17.1 Å². The smallest absolute Gasteiger partial charge is 0.236 e. The van der Waals surface area contributed by atoms with E-state index in [1.807, 2.05) is 37.5 Å². The summed E-state index contributed by atoms with van der Waals surface area (Å²) in [5.74, 6) is 1.93. The molecule has 1 N–H and O–H groups in total. The fraction of sp³-hybridized carbons (Fsp3) is 0.238. The van der Waals surface area contributed by atoms with Gasteiger partial charge < -0.3 is 19.0 Å². The lowest BCUT2D eigenvalue weighted by Crippen LogP contribution is -2.15. The largest absolute Gasteiger partial charge is 0.360 e. The van der Waals surface area contributed by atoms with Crippen LogP contribution in [-0.4, -0.2) is 36.1 Å². The summed E-state index contributed by atoms with van der Waals surface area (Å²) in [4.78, 5) is 12.3. The summed E-state index contributed by atoms with van der Waals surface area (Å²) in [5.41, 5.74) is 2.29. The summed E-state index contributed by atoms with van der Waals surface area (Å²) in [6.07, 6.45) is 2.67. The molecule has 9 heteroatoms. The molecule has 30 heavy (non-hydrogen) atoms. The minimum absolute atomic E-state index is 0.174. The topological polar surface area (TPSA) is 90.8 Å². The summed E-state index contributed by atoms with van der Waals surface area (Å²) in [5, 5.41) is 16.0. The number of hydrogen-bond donors (Lipinski definition) is 1. The van der Waals surface area contributed by atoms with E-state index in [0.29, 0.717) is 29.7 Å². The van der Waals surface area contributed by atoms with Crippen molar-refractivity contribution >= 4 is 23.5 Å². The lowest BCUT2D eigenvalue weighted by molar-refractivity contribution is -0.113. The Morgan fingerprint density at radius 1 is 1.17 bits per heavy atom. The number of carbonyl (C=O) groups excluding carboxylic acids is 1. The molecule has 4 rings (SSSR count). The third-order valence-electron chi connectivity index (χ3n) is 4.60. The molecule has 0 atom stereocenters. The van der Waals surface area contributed by atoms with E-state index in [1.165, 1.54) is 11.8 Å². The van der Waals surface area contributed by atoms with Crippen LogP contribution in [0.4, 0.5) is 5.82 Å². The summed E-state index contributed by atoms with van der Waals surface area (Å²) >= 11 is 1.35. The van der Waals surface area contributed by atoms with Crippen molar-refractivity contribution in [2.75, 3.05) is 11.1 Å². The highest BCUT2D eigenvalue weighted by Gasteiger charge is 2.16. The van der Waals surface area contributed by atoms with Gasteiger partial charge in [0, 0.05) is 31.4 Å². The van der Waals surface area contributed by atoms with E-state index < -0.39 is 0 Å². The second kappa shape index (κ2) is 9.00. The number of thioether (sulfide) groups is 1. The van der Waals surface area contributed by atoms with Crippen molar-refractivity contribution in [1.82, 2.24) is 24.5 Å². The number of amides is 1. The number of aromatic nitrogens is 5. The zero-order chi connectivity index (χ0) is 20.9. The van der Waals surface area contributed by atoms with Gasteiger partial charge in [-0.1, -0.05) is 47.3 Å². The van der Waals surface area contributed by atoms with Crippen molar-refractivity contribution < 1.29 is 9.32 Å². The number of anilines is 1. The van der Waals surface area contributed by atoms with Crippen LogP contribution in [0, 0.1) is 6.92 Å². The van der Waals surface area contributed by atoms with E-state index in [1.54, 1.807) is 13.0 Å². The Morgan fingerprint density at radius 3 is 2.70 bits per heavy atom. The monoisotopic (exact) mass is 422 g/mol. The summed E-state index contributed by atoms with van der Waals surface area (Å²) in [6.45, 7) is 2.41. The van der Waals surface area contributed by atoms with Gasteiger partial charge in [-0.15, -0.1) is 10.2 Å². The van der Waals surface area contributed by atoms with Crippen LogP contribution in [0.5, 0.6) is 0 Å². The molecular weight excluding hydrogens is 400 g/mol. The molecule has 0 unspecified atom stereocenters. The Hall–Kier alpha value is -3.33. The zero-order valence-electron chi connectivity index (χ0n) is 16.8. The SMILES string of the molecule is Cc1cc(NC(=O)CSc2nnc(Cc3cccn3C)n2Cc2ccccc2)no1. The number of benzene rings is 1. The molecule has 0 bridgehead atoms. The van der Waals surface area contributed by atoms with Gasteiger partial charge in [0.15, 0.2) is 11.0 Å². The third kappa shape index (κ3) is 4.80. The van der Waals surface area contributed by atoms with E-state index >= 15 is 0 Å². The maximum atomic E-state index is 12.3. The molecule has 4 aromatic rings. The average molecular weight is 423 g/mol. The molecule has 0 spiro atoms. The molecule has 1 amide bonds. The van der Waals surface area contributed by atoms with Crippen LogP contribution in [0.15, 0.2) is 64.4 Å². The maximum absolute atomic E-state index is 12.3. The van der Waals surface area contributed by atoms with Crippen LogP contribution in [0.2, 0.25) is 0 Å². The van der Waals surface area contributed by atoms with E-state index in [9.17, 15) is 4.79 Å². The Labute approximate surface area is 178 Å². The summed E-state index contributed by atoms with van der Waals surface area (Å²) in [7, 11) is 2.01. The Morgan fingerprint density at radius 2 is 2.00 bits per heavy atom. The number of nitrogens with one attached hydrogen (secondary N) is 1. The maximum Gasteiger partial charge on any atom is 0.236 e. The second-order valence-corrected chi connectivity index (χ2v) is 7.86. The van der Waals surface area contributed by atoms with E-state index in [2.05, 4.69) is 48.0 Å². The van der Waals surface area contributed by atoms with Gasteiger partial charge in [-0.2, -0.15) is 0 Å². The van der Waals surface area contributed by atoms with Crippen LogP contribution < -0.4 is 5.32 Å². The van der Waals surface area contributed by atoms with Gasteiger partial charge in [-0.3, -0.25) is 4.79 Å². The molecule has 0 aliphatic heterocycles. The number of nitrogens with zero attached hydrogens (tertiary/aromatic N) is 5. The first-order chi connectivity index (χ1) is 14.6. The van der Waals surface area contributed by atoms with Gasteiger partial charge in [-0.05, 0) is 24.6 Å². The molecule has 0 saturated carbocycles. The Bertz CT molecular complexity index is 1130.